The van der Waals surface area contributed by atoms with Gasteiger partial charge < -0.3 is 4.74 Å². The predicted molar refractivity (Wildman–Crippen MR) is 95.9 cm³/mol. The molecule has 0 aliphatic heterocycles. The van der Waals surface area contributed by atoms with Gasteiger partial charge in [-0.05, 0) is 21.6 Å². The van der Waals surface area contributed by atoms with E-state index < -0.39 is 0 Å². The quantitative estimate of drug-likeness (QED) is 0.577. The molecule has 0 spiro atoms. The summed E-state index contributed by atoms with van der Waals surface area (Å²) >= 11 is 0. The topological polar surface area (TPSA) is 73.1 Å². The molecule has 0 aliphatic carbocycles. The molecule has 0 fully saturated rings. The summed E-state index contributed by atoms with van der Waals surface area (Å²) in [6, 6.07) is 20.0. The smallest absolute Gasteiger partial charge is 0.319 e. The average molecular weight is 351 g/mol. The lowest BCUT2D eigenvalue weighted by molar-refractivity contribution is -0.142. The first-order valence-electron chi connectivity index (χ1n) is 8.36. The van der Waals surface area contributed by atoms with Crippen molar-refractivity contribution in [2.24, 2.45) is 0 Å². The second kappa shape index (κ2) is 8.87. The molecule has 0 unspecified atom stereocenters. The number of esters is 1. The van der Waals surface area contributed by atoms with Crippen molar-refractivity contribution in [2.75, 3.05) is 13.7 Å². The van der Waals surface area contributed by atoms with E-state index >= 15 is 0 Å². The summed E-state index contributed by atoms with van der Waals surface area (Å²) in [5.41, 5.74) is 2.22. The molecule has 0 radical (unpaired) electrons. The minimum Gasteiger partial charge on any atom is -0.468 e. The Labute approximate surface area is 152 Å². The van der Waals surface area contributed by atoms with Crippen LogP contribution in [0.2, 0.25) is 0 Å². The number of benzene rings is 2. The maximum atomic E-state index is 11.8. The highest BCUT2D eigenvalue weighted by Gasteiger charge is 2.16. The van der Waals surface area contributed by atoms with Crippen LogP contribution in [0.15, 0.2) is 60.7 Å². The van der Waals surface area contributed by atoms with Crippen LogP contribution in [0.4, 0.5) is 0 Å². The van der Waals surface area contributed by atoms with E-state index in [2.05, 4.69) is 15.5 Å². The Morgan fingerprint density at radius 1 is 1.00 bits per heavy atom. The van der Waals surface area contributed by atoms with Crippen LogP contribution in [0.5, 0.6) is 0 Å². The zero-order valence-corrected chi connectivity index (χ0v) is 14.7. The van der Waals surface area contributed by atoms with Gasteiger partial charge in [0.05, 0.1) is 26.7 Å². The number of methoxy groups -OCH3 is 1. The highest BCUT2D eigenvalue weighted by Crippen LogP contribution is 2.10. The highest BCUT2D eigenvalue weighted by molar-refractivity contribution is 5.71. The molecule has 0 amide bonds. The Kier molecular flexibility index (Phi) is 6.05. The van der Waals surface area contributed by atoms with Crippen molar-refractivity contribution in [3.63, 3.8) is 0 Å². The molecule has 0 N–H and O–H groups in total. The monoisotopic (exact) mass is 351 g/mol. The van der Waals surface area contributed by atoms with Crippen LogP contribution in [0.1, 0.15) is 17.0 Å². The second-order valence-electron chi connectivity index (χ2n) is 5.95. The standard InChI is InChI=1S/C19H21N5O2/c1-26-19(25)15-23(12-16-8-4-2-5-9-16)14-18-20-21-22-24(18)13-17-10-6-3-7-11-17/h2-11H,12-15H2,1H3. The summed E-state index contributed by atoms with van der Waals surface area (Å²) in [5.74, 6) is 0.414. The number of hydrogen-bond donors (Lipinski definition) is 0. The van der Waals surface area contributed by atoms with Crippen LogP contribution < -0.4 is 0 Å². The third-order valence-electron chi connectivity index (χ3n) is 3.98. The molecule has 0 atom stereocenters. The summed E-state index contributed by atoms with van der Waals surface area (Å²) < 4.78 is 6.58. The van der Waals surface area contributed by atoms with E-state index in [-0.39, 0.29) is 12.5 Å². The lowest BCUT2D eigenvalue weighted by Crippen LogP contribution is -2.31. The molecular weight excluding hydrogens is 330 g/mol. The second-order valence-corrected chi connectivity index (χ2v) is 5.95. The van der Waals surface area contributed by atoms with Crippen molar-refractivity contribution in [3.8, 4) is 0 Å². The lowest BCUT2D eigenvalue weighted by atomic mass is 10.2. The highest BCUT2D eigenvalue weighted by atomic mass is 16.5. The summed E-state index contributed by atoms with van der Waals surface area (Å²) in [6.45, 7) is 1.81. The van der Waals surface area contributed by atoms with Crippen molar-refractivity contribution in [3.05, 3.63) is 77.6 Å². The zero-order chi connectivity index (χ0) is 18.2. The number of nitrogens with zero attached hydrogens (tertiary/aromatic N) is 5. The SMILES string of the molecule is COC(=O)CN(Cc1ccccc1)Cc1nnnn1Cc1ccccc1. The Bertz CT molecular complexity index is 820. The van der Waals surface area contributed by atoms with Crippen LogP contribution in [-0.4, -0.2) is 44.7 Å². The molecule has 0 aliphatic rings. The third kappa shape index (κ3) is 4.97. The summed E-state index contributed by atoms with van der Waals surface area (Å²) in [6.07, 6.45) is 0. The fraction of sp³-hybridized carbons (Fsp3) is 0.263. The van der Waals surface area contributed by atoms with Crippen LogP contribution >= 0.6 is 0 Å². The van der Waals surface area contributed by atoms with Crippen molar-refractivity contribution >= 4 is 5.97 Å². The first-order valence-corrected chi connectivity index (χ1v) is 8.36. The molecule has 134 valence electrons. The molecule has 3 aromatic rings. The van der Waals surface area contributed by atoms with Gasteiger partial charge in [0, 0.05) is 6.54 Å². The number of tetrazole rings is 1. The fourth-order valence-electron chi connectivity index (χ4n) is 2.67. The molecular formula is C19H21N5O2. The Balaban J connectivity index is 1.74. The number of carbonyl (C=O) groups is 1. The largest absolute Gasteiger partial charge is 0.468 e. The predicted octanol–water partition coefficient (Wildman–Crippen LogP) is 1.90. The molecule has 0 saturated carbocycles. The summed E-state index contributed by atoms with van der Waals surface area (Å²) in [7, 11) is 1.39. The van der Waals surface area contributed by atoms with E-state index in [0.29, 0.717) is 25.5 Å². The Hall–Kier alpha value is -3.06. The summed E-state index contributed by atoms with van der Waals surface area (Å²) in [5, 5.41) is 12.0. The number of rotatable bonds is 8. The van der Waals surface area contributed by atoms with Gasteiger partial charge in [-0.2, -0.15) is 0 Å². The van der Waals surface area contributed by atoms with Crippen molar-refractivity contribution in [1.82, 2.24) is 25.1 Å². The number of ether oxygens (including phenoxy) is 1. The normalized spacial score (nSPS) is 10.8. The van der Waals surface area contributed by atoms with Gasteiger partial charge in [-0.25, -0.2) is 4.68 Å². The number of carbonyl (C=O) groups excluding carboxylic acids is 1. The van der Waals surface area contributed by atoms with E-state index in [0.717, 1.165) is 11.1 Å². The van der Waals surface area contributed by atoms with Gasteiger partial charge in [0.25, 0.3) is 0 Å². The third-order valence-corrected chi connectivity index (χ3v) is 3.98. The first-order chi connectivity index (χ1) is 12.7. The molecule has 7 nitrogen and oxygen atoms in total. The van der Waals surface area contributed by atoms with Gasteiger partial charge in [0.2, 0.25) is 0 Å². The molecule has 2 aromatic carbocycles. The van der Waals surface area contributed by atoms with E-state index in [1.165, 1.54) is 7.11 Å². The molecule has 1 aromatic heterocycles. The van der Waals surface area contributed by atoms with Crippen LogP contribution in [0.3, 0.4) is 0 Å². The summed E-state index contributed by atoms with van der Waals surface area (Å²) in [4.78, 5) is 13.8. The number of aromatic nitrogens is 4. The van der Waals surface area contributed by atoms with E-state index in [1.54, 1.807) is 4.68 Å². The van der Waals surface area contributed by atoms with Crippen LogP contribution in [-0.2, 0) is 29.2 Å². The Morgan fingerprint density at radius 2 is 1.65 bits per heavy atom. The molecule has 3 rings (SSSR count). The van der Waals surface area contributed by atoms with Gasteiger partial charge in [-0.15, -0.1) is 5.10 Å². The van der Waals surface area contributed by atoms with E-state index in [4.69, 9.17) is 4.74 Å². The molecule has 7 heteroatoms. The van der Waals surface area contributed by atoms with Gasteiger partial charge in [0.1, 0.15) is 0 Å². The van der Waals surface area contributed by atoms with Gasteiger partial charge in [-0.3, -0.25) is 9.69 Å². The van der Waals surface area contributed by atoms with Crippen LogP contribution in [0.25, 0.3) is 0 Å². The van der Waals surface area contributed by atoms with E-state index in [9.17, 15) is 4.79 Å². The fourth-order valence-corrected chi connectivity index (χ4v) is 2.67. The van der Waals surface area contributed by atoms with Crippen molar-refractivity contribution in [1.29, 1.82) is 0 Å². The zero-order valence-electron chi connectivity index (χ0n) is 14.7. The molecule has 26 heavy (non-hydrogen) atoms. The molecule has 0 bridgehead atoms. The maximum Gasteiger partial charge on any atom is 0.319 e. The molecule has 0 saturated heterocycles. The maximum absolute atomic E-state index is 11.8. The van der Waals surface area contributed by atoms with Crippen molar-refractivity contribution < 1.29 is 9.53 Å². The van der Waals surface area contributed by atoms with Gasteiger partial charge >= 0.3 is 5.97 Å². The number of hydrogen-bond acceptors (Lipinski definition) is 6. The van der Waals surface area contributed by atoms with Gasteiger partial charge in [0.15, 0.2) is 5.82 Å². The van der Waals surface area contributed by atoms with Crippen LogP contribution in [0, 0.1) is 0 Å². The van der Waals surface area contributed by atoms with Gasteiger partial charge in [-0.1, -0.05) is 60.7 Å². The Morgan fingerprint density at radius 3 is 2.31 bits per heavy atom. The average Bonchev–Trinajstić information content (AvgIpc) is 3.10. The van der Waals surface area contributed by atoms with Crippen molar-refractivity contribution in [2.45, 2.75) is 19.6 Å². The van der Waals surface area contributed by atoms with E-state index in [1.807, 2.05) is 65.6 Å². The molecule has 1 heterocycles. The minimum absolute atomic E-state index is 0.170. The first kappa shape index (κ1) is 17.8. The lowest BCUT2D eigenvalue weighted by Gasteiger charge is -2.20. The minimum atomic E-state index is -0.289.